The predicted octanol–water partition coefficient (Wildman–Crippen LogP) is 4.82. The third-order valence-electron chi connectivity index (χ3n) is 5.56. The number of fused-ring (bicyclic) bond motifs is 3. The number of halogens is 3. The van der Waals surface area contributed by atoms with Gasteiger partial charge < -0.3 is 22.4 Å². The maximum absolute atomic E-state index is 13.3. The smallest absolute Gasteiger partial charge is 0.469 e. The van der Waals surface area contributed by atoms with E-state index in [4.69, 9.17) is 4.74 Å². The zero-order valence-corrected chi connectivity index (χ0v) is 17.7. The molecule has 0 spiro atoms. The lowest BCUT2D eigenvalue weighted by atomic mass is 9.79. The second kappa shape index (κ2) is 9.01. The highest BCUT2D eigenvalue weighted by Crippen LogP contribution is 2.44. The maximum atomic E-state index is 13.3. The van der Waals surface area contributed by atoms with Gasteiger partial charge in [-0.25, -0.2) is 4.79 Å². The van der Waals surface area contributed by atoms with Gasteiger partial charge in [-0.15, -0.1) is 5.46 Å². The van der Waals surface area contributed by atoms with Crippen LogP contribution >= 0.6 is 0 Å². The van der Waals surface area contributed by atoms with E-state index in [2.05, 4.69) is 10.1 Å². The van der Waals surface area contributed by atoms with Crippen molar-refractivity contribution in [1.29, 1.82) is 0 Å². The third-order valence-corrected chi connectivity index (χ3v) is 5.56. The molecule has 1 aliphatic carbocycles. The van der Waals surface area contributed by atoms with Gasteiger partial charge in [0.05, 0.1) is 13.5 Å². The first-order valence-corrected chi connectivity index (χ1v) is 10.3. The van der Waals surface area contributed by atoms with Gasteiger partial charge in [0.25, 0.3) is 0 Å². The molecule has 0 fully saturated rings. The molecule has 3 aromatic carbocycles. The fourth-order valence-corrected chi connectivity index (χ4v) is 4.07. The molecule has 1 amide bonds. The van der Waals surface area contributed by atoms with Crippen LogP contribution in [0.1, 0.15) is 22.6 Å². The normalized spacial score (nSPS) is 12.6. The number of ether oxygens (including phenoxy) is 2. The topological polar surface area (TPSA) is 64.6 Å². The number of esters is 1. The van der Waals surface area contributed by atoms with Gasteiger partial charge in [-0.05, 0) is 33.9 Å². The molecule has 1 aliphatic rings. The van der Waals surface area contributed by atoms with Crippen LogP contribution in [-0.4, -0.2) is 32.8 Å². The van der Waals surface area contributed by atoms with Crippen molar-refractivity contribution in [2.75, 3.05) is 19.0 Å². The molecular weight excluding hydrogens is 434 g/mol. The van der Waals surface area contributed by atoms with Crippen molar-refractivity contribution in [2.24, 2.45) is 0 Å². The molecule has 3 aromatic rings. The second-order valence-electron chi connectivity index (χ2n) is 7.74. The molecule has 0 heterocycles. The Balaban J connectivity index is 1.50. The van der Waals surface area contributed by atoms with Crippen molar-refractivity contribution in [2.45, 2.75) is 12.3 Å². The summed E-state index contributed by atoms with van der Waals surface area (Å²) in [6.07, 6.45) is -1.23. The number of methoxy groups -OCH3 is 1. The molecular formula is C24H20BF3NO4-. The lowest BCUT2D eigenvalue weighted by Gasteiger charge is -2.19. The summed E-state index contributed by atoms with van der Waals surface area (Å²) in [6.45, 7) is -5.31. The van der Waals surface area contributed by atoms with Crippen LogP contribution in [0.5, 0.6) is 0 Å². The molecule has 0 saturated carbocycles. The molecule has 0 saturated heterocycles. The number of carbonyl (C=O) groups is 2. The lowest BCUT2D eigenvalue weighted by molar-refractivity contribution is -0.139. The van der Waals surface area contributed by atoms with E-state index in [9.17, 15) is 22.5 Å². The SMILES string of the molecule is COC(=O)Cc1cc(NC(=O)OCC2c3ccccc3-c3ccccc32)cc([B-](F)(F)F)c1. The Morgan fingerprint density at radius 3 is 2.12 bits per heavy atom. The molecule has 0 aromatic heterocycles. The molecule has 9 heteroatoms. The van der Waals surface area contributed by atoms with E-state index in [0.717, 1.165) is 41.5 Å². The molecule has 0 radical (unpaired) electrons. The van der Waals surface area contributed by atoms with Crippen LogP contribution in [0.25, 0.3) is 11.1 Å². The first kappa shape index (κ1) is 22.4. The van der Waals surface area contributed by atoms with Crippen LogP contribution in [0.15, 0.2) is 66.7 Å². The summed E-state index contributed by atoms with van der Waals surface area (Å²) in [6, 6.07) is 18.6. The molecule has 170 valence electrons. The Hall–Kier alpha value is -3.75. The molecule has 5 nitrogen and oxygen atoms in total. The van der Waals surface area contributed by atoms with Gasteiger partial charge in [0.1, 0.15) is 6.61 Å². The molecule has 0 atom stereocenters. The van der Waals surface area contributed by atoms with Gasteiger partial charge >= 0.3 is 19.0 Å². The van der Waals surface area contributed by atoms with Crippen molar-refractivity contribution in [3.05, 3.63) is 83.4 Å². The number of anilines is 1. The monoisotopic (exact) mass is 454 g/mol. The minimum Gasteiger partial charge on any atom is -0.469 e. The Morgan fingerprint density at radius 1 is 0.939 bits per heavy atom. The van der Waals surface area contributed by atoms with Gasteiger partial charge in [-0.3, -0.25) is 10.1 Å². The number of nitrogens with one attached hydrogen (secondary N) is 1. The molecule has 4 rings (SSSR count). The van der Waals surface area contributed by atoms with Gasteiger partial charge in [0.2, 0.25) is 0 Å². The van der Waals surface area contributed by atoms with E-state index < -0.39 is 24.5 Å². The fourth-order valence-electron chi connectivity index (χ4n) is 4.07. The van der Waals surface area contributed by atoms with E-state index in [1.54, 1.807) is 0 Å². The first-order chi connectivity index (χ1) is 15.8. The number of hydrogen-bond donors (Lipinski definition) is 1. The number of amides is 1. The third kappa shape index (κ3) is 4.87. The van der Waals surface area contributed by atoms with Gasteiger partial charge in [0.15, 0.2) is 0 Å². The Bertz CT molecular complexity index is 1170. The summed E-state index contributed by atoms with van der Waals surface area (Å²) in [5.41, 5.74) is 3.22. The highest BCUT2D eigenvalue weighted by molar-refractivity contribution is 6.73. The summed E-state index contributed by atoms with van der Waals surface area (Å²) in [4.78, 5) is 24.0. The lowest BCUT2D eigenvalue weighted by Crippen LogP contribution is -2.35. The Morgan fingerprint density at radius 2 is 1.55 bits per heavy atom. The largest absolute Gasteiger partial charge is 0.509 e. The number of rotatable bonds is 6. The van der Waals surface area contributed by atoms with Crippen LogP contribution in [-0.2, 0) is 20.7 Å². The van der Waals surface area contributed by atoms with E-state index in [1.807, 2.05) is 48.5 Å². The summed E-state index contributed by atoms with van der Waals surface area (Å²) < 4.78 is 49.9. The first-order valence-electron chi connectivity index (χ1n) is 10.3. The van der Waals surface area contributed by atoms with E-state index >= 15 is 0 Å². The number of benzene rings is 3. The van der Waals surface area contributed by atoms with Crippen LogP contribution < -0.4 is 10.8 Å². The minimum atomic E-state index is -5.33. The number of carbonyl (C=O) groups excluding carboxylic acids is 2. The zero-order chi connectivity index (χ0) is 23.6. The summed E-state index contributed by atoms with van der Waals surface area (Å²) in [5, 5.41) is 2.35. The van der Waals surface area contributed by atoms with Crippen LogP contribution in [0.4, 0.5) is 23.4 Å². The summed E-state index contributed by atoms with van der Waals surface area (Å²) >= 11 is 0. The van der Waals surface area contributed by atoms with Crippen molar-refractivity contribution in [3.8, 4) is 11.1 Å². The molecule has 1 N–H and O–H groups in total. The van der Waals surface area contributed by atoms with Crippen LogP contribution in [0.3, 0.4) is 0 Å². The van der Waals surface area contributed by atoms with Crippen molar-refractivity contribution >= 4 is 30.2 Å². The van der Waals surface area contributed by atoms with Crippen LogP contribution in [0, 0.1) is 0 Å². The number of hydrogen-bond acceptors (Lipinski definition) is 4. The van der Waals surface area contributed by atoms with Crippen LogP contribution in [0.2, 0.25) is 0 Å². The quantitative estimate of drug-likeness (QED) is 0.429. The minimum absolute atomic E-state index is 0.0256. The molecule has 33 heavy (non-hydrogen) atoms. The van der Waals surface area contributed by atoms with Gasteiger partial charge in [-0.1, -0.05) is 60.7 Å². The highest BCUT2D eigenvalue weighted by atomic mass is 19.4. The van der Waals surface area contributed by atoms with Gasteiger partial charge in [0, 0.05) is 11.6 Å². The molecule has 0 aliphatic heterocycles. The maximum Gasteiger partial charge on any atom is 0.509 e. The van der Waals surface area contributed by atoms with Crippen molar-refractivity contribution in [1.82, 2.24) is 0 Å². The average molecular weight is 454 g/mol. The standard InChI is InChI=1S/C24H20BF3NO4/c1-32-23(30)12-15-10-16(25(26,27)28)13-17(11-15)29-24(31)33-14-22-20-8-4-2-6-18(20)19-7-3-5-9-21(19)22/h2-11,13,22H,12,14H2,1H3,(H,29,31)/q-1. The van der Waals surface area contributed by atoms with E-state index in [0.29, 0.717) is 0 Å². The second-order valence-corrected chi connectivity index (χ2v) is 7.74. The van der Waals surface area contributed by atoms with Gasteiger partial charge in [-0.2, -0.15) is 0 Å². The molecule has 0 bridgehead atoms. The Kier molecular flexibility index (Phi) is 6.13. The van der Waals surface area contributed by atoms with E-state index in [-0.39, 0.29) is 30.2 Å². The summed E-state index contributed by atoms with van der Waals surface area (Å²) in [7, 11) is 1.15. The van der Waals surface area contributed by atoms with Crippen molar-refractivity contribution < 1.29 is 32.0 Å². The summed E-state index contributed by atoms with van der Waals surface area (Å²) in [5.74, 6) is -0.864. The average Bonchev–Trinajstić information content (AvgIpc) is 3.10. The molecule has 0 unspecified atom stereocenters. The zero-order valence-electron chi connectivity index (χ0n) is 17.7. The van der Waals surface area contributed by atoms with Crippen molar-refractivity contribution in [3.63, 3.8) is 0 Å². The Labute approximate surface area is 188 Å². The highest BCUT2D eigenvalue weighted by Gasteiger charge is 2.29. The van der Waals surface area contributed by atoms with E-state index in [1.165, 1.54) is 6.07 Å². The predicted molar refractivity (Wildman–Crippen MR) is 120 cm³/mol. The fraction of sp³-hybridized carbons (Fsp3) is 0.167.